The number of hydrogen-bond donors (Lipinski definition) is 2. The summed E-state index contributed by atoms with van der Waals surface area (Å²) in [5.74, 6) is 0.474. The zero-order chi connectivity index (χ0) is 17.9. The summed E-state index contributed by atoms with van der Waals surface area (Å²) >= 11 is 0. The number of carbonyl (C=O) groups excluding carboxylic acids is 1. The predicted molar refractivity (Wildman–Crippen MR) is 99.0 cm³/mol. The van der Waals surface area contributed by atoms with Crippen LogP contribution in [0.2, 0.25) is 0 Å². The largest absolute Gasteiger partial charge is 0.388 e. The van der Waals surface area contributed by atoms with E-state index in [0.29, 0.717) is 5.56 Å². The molecule has 0 radical (unpaired) electrons. The number of ether oxygens (including phenoxy) is 1. The highest BCUT2D eigenvalue weighted by Crippen LogP contribution is 2.22. The number of imidazole rings is 1. The first-order chi connectivity index (χ1) is 12.7. The van der Waals surface area contributed by atoms with Crippen molar-refractivity contribution in [1.29, 1.82) is 0 Å². The topological polar surface area (TPSA) is 78.4 Å². The lowest BCUT2D eigenvalue weighted by atomic mass is 10.1. The van der Waals surface area contributed by atoms with Gasteiger partial charge in [0, 0.05) is 30.8 Å². The Bertz CT molecular complexity index is 912. The molecule has 6 nitrogen and oxygen atoms in total. The maximum absolute atomic E-state index is 11.6. The zero-order valence-electron chi connectivity index (χ0n) is 14.4. The molecule has 1 aliphatic heterocycles. The number of aliphatic hydroxyl groups excluding tert-OH is 1. The molecule has 1 fully saturated rings. The summed E-state index contributed by atoms with van der Waals surface area (Å²) < 4.78 is 5.38. The average Bonchev–Trinajstić information content (AvgIpc) is 3.12. The van der Waals surface area contributed by atoms with E-state index in [1.165, 1.54) is 5.56 Å². The number of hydrogen-bond acceptors (Lipinski definition) is 5. The van der Waals surface area contributed by atoms with Crippen molar-refractivity contribution >= 4 is 16.8 Å². The Morgan fingerprint density at radius 1 is 1.15 bits per heavy atom. The number of nitrogens with zero attached hydrogens (tertiary/aromatic N) is 2. The number of carbonyl (C=O) groups is 1. The molecular weight excluding hydrogens is 330 g/mol. The molecule has 0 bridgehead atoms. The smallest absolute Gasteiger partial charge is 0.188 e. The highest BCUT2D eigenvalue weighted by molar-refractivity contribution is 5.99. The first-order valence-electron chi connectivity index (χ1n) is 8.76. The number of rotatable bonds is 5. The molecule has 2 N–H and O–H groups in total. The first kappa shape index (κ1) is 16.9. The monoisotopic (exact) mass is 351 g/mol. The van der Waals surface area contributed by atoms with Gasteiger partial charge in [-0.2, -0.15) is 0 Å². The Morgan fingerprint density at radius 3 is 2.65 bits per heavy atom. The second kappa shape index (κ2) is 7.37. The van der Waals surface area contributed by atoms with Crippen molar-refractivity contribution in [1.82, 2.24) is 14.9 Å². The fourth-order valence-electron chi connectivity index (χ4n) is 3.20. The third-order valence-electron chi connectivity index (χ3n) is 4.68. The van der Waals surface area contributed by atoms with E-state index in [1.807, 2.05) is 0 Å². The van der Waals surface area contributed by atoms with Gasteiger partial charge in [-0.15, -0.1) is 0 Å². The van der Waals surface area contributed by atoms with E-state index >= 15 is 0 Å². The maximum Gasteiger partial charge on any atom is 0.188 e. The van der Waals surface area contributed by atoms with Gasteiger partial charge in [0.2, 0.25) is 0 Å². The third-order valence-corrected chi connectivity index (χ3v) is 4.68. The molecule has 0 atom stereocenters. The molecule has 0 spiro atoms. The van der Waals surface area contributed by atoms with Crippen LogP contribution in [0.3, 0.4) is 0 Å². The van der Waals surface area contributed by atoms with Crippen LogP contribution in [0.5, 0.6) is 0 Å². The van der Waals surface area contributed by atoms with Crippen LogP contribution in [-0.4, -0.2) is 58.7 Å². The van der Waals surface area contributed by atoms with E-state index in [9.17, 15) is 4.79 Å². The van der Waals surface area contributed by atoms with E-state index < -0.39 is 6.61 Å². The van der Waals surface area contributed by atoms with Crippen molar-refractivity contribution < 1.29 is 14.6 Å². The van der Waals surface area contributed by atoms with Gasteiger partial charge in [-0.05, 0) is 23.8 Å². The van der Waals surface area contributed by atoms with Gasteiger partial charge in [-0.3, -0.25) is 9.69 Å². The van der Waals surface area contributed by atoms with Crippen molar-refractivity contribution in [2.24, 2.45) is 0 Å². The van der Waals surface area contributed by atoms with E-state index in [0.717, 1.165) is 55.3 Å². The Balaban J connectivity index is 1.54. The number of ketones is 1. The van der Waals surface area contributed by atoms with Crippen molar-refractivity contribution in [3.63, 3.8) is 0 Å². The van der Waals surface area contributed by atoms with Gasteiger partial charge in [-0.1, -0.05) is 24.3 Å². The average molecular weight is 351 g/mol. The van der Waals surface area contributed by atoms with Crippen LogP contribution in [0.1, 0.15) is 15.9 Å². The number of aliphatic hydroxyl groups is 1. The number of aromatic amines is 1. The molecule has 6 heteroatoms. The van der Waals surface area contributed by atoms with Gasteiger partial charge in [0.1, 0.15) is 12.4 Å². The standard InChI is InChI=1S/C20H21N3O3/c24-13-19(25)16-5-6-17-18(11-16)22-20(21-17)15-3-1-14(2-4-15)12-23-7-9-26-10-8-23/h1-6,11,24H,7-10,12-13H2,(H,21,22). The normalized spacial score (nSPS) is 15.4. The number of benzene rings is 2. The van der Waals surface area contributed by atoms with Crippen LogP contribution in [0, 0.1) is 0 Å². The molecule has 0 unspecified atom stereocenters. The molecule has 0 aliphatic carbocycles. The van der Waals surface area contributed by atoms with Crippen LogP contribution in [0.4, 0.5) is 0 Å². The Kier molecular flexibility index (Phi) is 4.79. The van der Waals surface area contributed by atoms with Crippen LogP contribution in [0.15, 0.2) is 42.5 Å². The highest BCUT2D eigenvalue weighted by Gasteiger charge is 2.12. The first-order valence-corrected chi connectivity index (χ1v) is 8.76. The molecule has 3 aromatic rings. The van der Waals surface area contributed by atoms with Gasteiger partial charge in [0.25, 0.3) is 0 Å². The van der Waals surface area contributed by atoms with Crippen LogP contribution >= 0.6 is 0 Å². The molecular formula is C20H21N3O3. The minimum atomic E-state index is -0.489. The molecule has 2 heterocycles. The fraction of sp³-hybridized carbons (Fsp3) is 0.300. The second-order valence-electron chi connectivity index (χ2n) is 6.48. The molecule has 0 saturated carbocycles. The Hall–Kier alpha value is -2.54. The van der Waals surface area contributed by atoms with Crippen molar-refractivity contribution in [2.75, 3.05) is 32.9 Å². The van der Waals surface area contributed by atoms with E-state index in [2.05, 4.69) is 39.1 Å². The number of nitrogens with one attached hydrogen (secondary N) is 1. The minimum absolute atomic E-state index is 0.296. The number of morpholine rings is 1. The summed E-state index contributed by atoms with van der Waals surface area (Å²) in [6.07, 6.45) is 0. The number of H-pyrrole nitrogens is 1. The summed E-state index contributed by atoms with van der Waals surface area (Å²) in [7, 11) is 0. The lowest BCUT2D eigenvalue weighted by Crippen LogP contribution is -2.35. The molecule has 2 aromatic carbocycles. The summed E-state index contributed by atoms with van der Waals surface area (Å²) in [5, 5.41) is 9.00. The molecule has 1 saturated heterocycles. The van der Waals surface area contributed by atoms with E-state index in [1.54, 1.807) is 18.2 Å². The second-order valence-corrected chi connectivity index (χ2v) is 6.48. The Morgan fingerprint density at radius 2 is 1.92 bits per heavy atom. The van der Waals surface area contributed by atoms with Gasteiger partial charge in [0.15, 0.2) is 5.78 Å². The third kappa shape index (κ3) is 3.53. The predicted octanol–water partition coefficient (Wildman–Crippen LogP) is 2.24. The van der Waals surface area contributed by atoms with Gasteiger partial charge in [0.05, 0.1) is 24.2 Å². The van der Waals surface area contributed by atoms with Crippen molar-refractivity contribution in [3.05, 3.63) is 53.6 Å². The summed E-state index contributed by atoms with van der Waals surface area (Å²) in [4.78, 5) is 21.9. The maximum atomic E-state index is 11.6. The van der Waals surface area contributed by atoms with Gasteiger partial charge < -0.3 is 14.8 Å². The molecule has 4 rings (SSSR count). The van der Waals surface area contributed by atoms with Crippen LogP contribution in [0.25, 0.3) is 22.4 Å². The SMILES string of the molecule is O=C(CO)c1ccc2nc(-c3ccc(CN4CCOCC4)cc3)[nH]c2c1. The van der Waals surface area contributed by atoms with Crippen LogP contribution < -0.4 is 0 Å². The highest BCUT2D eigenvalue weighted by atomic mass is 16.5. The van der Waals surface area contributed by atoms with Gasteiger partial charge in [-0.25, -0.2) is 4.98 Å². The number of fused-ring (bicyclic) bond motifs is 1. The molecule has 1 aromatic heterocycles. The lowest BCUT2D eigenvalue weighted by Gasteiger charge is -2.26. The minimum Gasteiger partial charge on any atom is -0.388 e. The van der Waals surface area contributed by atoms with Crippen LogP contribution in [-0.2, 0) is 11.3 Å². The summed E-state index contributed by atoms with van der Waals surface area (Å²) in [6.45, 7) is 3.99. The van der Waals surface area contributed by atoms with Crippen molar-refractivity contribution in [2.45, 2.75) is 6.54 Å². The molecule has 0 amide bonds. The quantitative estimate of drug-likeness (QED) is 0.689. The summed E-state index contributed by atoms with van der Waals surface area (Å²) in [6, 6.07) is 13.6. The number of Topliss-reactive ketones (excluding diaryl/α,β-unsaturated/α-hetero) is 1. The van der Waals surface area contributed by atoms with E-state index in [-0.39, 0.29) is 5.78 Å². The zero-order valence-corrected chi connectivity index (χ0v) is 14.4. The lowest BCUT2D eigenvalue weighted by molar-refractivity contribution is 0.0342. The number of aromatic nitrogens is 2. The fourth-order valence-corrected chi connectivity index (χ4v) is 3.20. The molecule has 134 valence electrons. The Labute approximate surface area is 151 Å². The summed E-state index contributed by atoms with van der Waals surface area (Å²) in [5.41, 5.74) is 4.34. The van der Waals surface area contributed by atoms with Gasteiger partial charge >= 0.3 is 0 Å². The van der Waals surface area contributed by atoms with E-state index in [4.69, 9.17) is 9.84 Å². The molecule has 26 heavy (non-hydrogen) atoms. The van der Waals surface area contributed by atoms with Crippen molar-refractivity contribution in [3.8, 4) is 11.4 Å². The molecule has 1 aliphatic rings.